The van der Waals surface area contributed by atoms with E-state index in [1.54, 1.807) is 35.5 Å². The molecule has 0 aromatic heterocycles. The number of isothiocyanates is 1. The third kappa shape index (κ3) is 4.60. The predicted octanol–water partition coefficient (Wildman–Crippen LogP) is 4.89. The number of thiocarbonyl (C=S) groups is 1. The number of hydrogen-bond acceptors (Lipinski definition) is 8. The highest BCUT2D eigenvalue weighted by Crippen LogP contribution is 2.56. The number of carbonyl (C=O) groups excluding carboxylic acids is 1. The standard InChI is InChI=1S/C20H12O5.C3H7N.CHNS.ClH/c21-11-5-7-15-17(9-11)24-18-10-12(22)6-8-16(18)20(15)14-4-2-1-3-13(14)19(23)25-20;1-2-3-4;2-1-3;/h1-10,21-22H;2H,1,3-4H2;2H;1H. The Kier molecular flexibility index (Phi) is 8.34. The average Bonchev–Trinajstić information content (AvgIpc) is 3.07. The lowest BCUT2D eigenvalue weighted by Crippen LogP contribution is -2.32. The van der Waals surface area contributed by atoms with Crippen molar-refractivity contribution in [3.8, 4) is 23.0 Å². The summed E-state index contributed by atoms with van der Waals surface area (Å²) in [5.74, 6) is 0.408. The summed E-state index contributed by atoms with van der Waals surface area (Å²) in [6.45, 7) is 3.94. The Morgan fingerprint density at radius 3 is 2.00 bits per heavy atom. The summed E-state index contributed by atoms with van der Waals surface area (Å²) in [5, 5.41) is 27.0. The minimum atomic E-state index is -1.17. The molecular weight excluding hydrogens is 464 g/mol. The van der Waals surface area contributed by atoms with Crippen molar-refractivity contribution < 1.29 is 24.5 Å². The molecule has 3 aromatic rings. The number of fused-ring (bicyclic) bond motifs is 6. The summed E-state index contributed by atoms with van der Waals surface area (Å²) in [4.78, 5) is 12.5. The van der Waals surface area contributed by atoms with Crippen molar-refractivity contribution in [2.24, 2.45) is 5.73 Å². The fraction of sp³-hybridized carbons (Fsp3) is 0.0833. The van der Waals surface area contributed by atoms with Crippen LogP contribution in [0.25, 0.3) is 0 Å². The molecule has 33 heavy (non-hydrogen) atoms. The lowest BCUT2D eigenvalue weighted by atomic mass is 9.77. The van der Waals surface area contributed by atoms with E-state index in [9.17, 15) is 15.0 Å². The van der Waals surface area contributed by atoms with Gasteiger partial charge in [0.1, 0.15) is 23.0 Å². The Morgan fingerprint density at radius 2 is 1.52 bits per heavy atom. The monoisotopic (exact) mass is 484 g/mol. The van der Waals surface area contributed by atoms with E-state index >= 15 is 0 Å². The van der Waals surface area contributed by atoms with Crippen molar-refractivity contribution in [3.05, 3.63) is 95.6 Å². The van der Waals surface area contributed by atoms with Crippen molar-refractivity contribution in [2.45, 2.75) is 5.60 Å². The number of nitrogens with two attached hydrogens (primary N) is 1. The molecule has 0 unspecified atom stereocenters. The van der Waals surface area contributed by atoms with E-state index in [0.717, 1.165) is 0 Å². The third-order valence-electron chi connectivity index (χ3n) is 4.85. The van der Waals surface area contributed by atoms with E-state index in [2.05, 4.69) is 18.8 Å². The first kappa shape index (κ1) is 25.6. The fourth-order valence-electron chi connectivity index (χ4n) is 3.65. The second-order valence-corrected chi connectivity index (χ2v) is 6.91. The molecule has 0 aliphatic carbocycles. The van der Waals surface area contributed by atoms with Gasteiger partial charge in [-0.15, -0.1) is 19.0 Å². The van der Waals surface area contributed by atoms with Crippen molar-refractivity contribution in [3.63, 3.8) is 0 Å². The topological polar surface area (TPSA) is 126 Å². The molecule has 170 valence electrons. The summed E-state index contributed by atoms with van der Waals surface area (Å²) in [6.07, 6.45) is 1.65. The van der Waals surface area contributed by atoms with E-state index in [1.165, 1.54) is 24.3 Å². The normalized spacial score (nSPS) is 12.9. The van der Waals surface area contributed by atoms with Gasteiger partial charge in [-0.05, 0) is 42.5 Å². The molecule has 0 radical (unpaired) electrons. The number of esters is 1. The lowest BCUT2D eigenvalue weighted by molar-refractivity contribution is 0.0224. The van der Waals surface area contributed by atoms with Crippen LogP contribution >= 0.6 is 24.6 Å². The Bertz CT molecular complexity index is 1170. The van der Waals surface area contributed by atoms with E-state index in [0.29, 0.717) is 40.3 Å². The molecular formula is C24H21ClN2O5S. The number of carbonyl (C=O) groups is 1. The zero-order chi connectivity index (χ0) is 23.3. The molecule has 2 aliphatic heterocycles. The van der Waals surface area contributed by atoms with Gasteiger partial charge in [0.25, 0.3) is 0 Å². The number of phenols is 2. The van der Waals surface area contributed by atoms with Gasteiger partial charge in [-0.3, -0.25) is 0 Å². The SMILES string of the molecule is C=CCN.Cl.N=C=S.O=C1OC2(c3ccc(O)cc3Oc3cc(O)ccc32)c2ccccc21. The van der Waals surface area contributed by atoms with Crippen molar-refractivity contribution >= 4 is 35.8 Å². The second kappa shape index (κ2) is 10.8. The number of rotatable bonds is 1. The van der Waals surface area contributed by atoms with Crippen LogP contribution in [-0.4, -0.2) is 27.9 Å². The van der Waals surface area contributed by atoms with E-state index in [-0.39, 0.29) is 23.9 Å². The van der Waals surface area contributed by atoms with Crippen LogP contribution in [0.4, 0.5) is 0 Å². The largest absolute Gasteiger partial charge is 0.508 e. The lowest BCUT2D eigenvalue weighted by Gasteiger charge is -2.36. The molecule has 2 aliphatic rings. The third-order valence-corrected chi connectivity index (χ3v) is 4.85. The predicted molar refractivity (Wildman–Crippen MR) is 130 cm³/mol. The Labute approximate surface area is 202 Å². The molecule has 1 spiro atoms. The molecule has 0 atom stereocenters. The van der Waals surface area contributed by atoms with Gasteiger partial charge >= 0.3 is 5.97 Å². The number of phenolic OH excluding ortho intramolecular Hbond substituents is 2. The summed E-state index contributed by atoms with van der Waals surface area (Å²) >= 11 is 3.81. The second-order valence-electron chi connectivity index (χ2n) is 6.71. The van der Waals surface area contributed by atoms with Crippen LogP contribution in [0.3, 0.4) is 0 Å². The molecule has 0 saturated heterocycles. The Morgan fingerprint density at radius 1 is 1.03 bits per heavy atom. The van der Waals surface area contributed by atoms with Crippen LogP contribution in [0.5, 0.6) is 23.0 Å². The first-order chi connectivity index (χ1) is 15.4. The first-order valence-electron chi connectivity index (χ1n) is 9.45. The molecule has 0 fully saturated rings. The average molecular weight is 485 g/mol. The number of ether oxygens (including phenoxy) is 2. The van der Waals surface area contributed by atoms with Crippen molar-refractivity contribution in [1.82, 2.24) is 0 Å². The summed E-state index contributed by atoms with van der Waals surface area (Å²) in [5.41, 5.74) is 6.19. The highest BCUT2D eigenvalue weighted by atomic mass is 35.5. The van der Waals surface area contributed by atoms with E-state index in [4.69, 9.17) is 20.6 Å². The van der Waals surface area contributed by atoms with Crippen LogP contribution in [-0.2, 0) is 10.3 Å². The quantitative estimate of drug-likeness (QED) is 0.168. The number of benzene rings is 3. The molecule has 5 N–H and O–H groups in total. The first-order valence-corrected chi connectivity index (χ1v) is 9.86. The van der Waals surface area contributed by atoms with Gasteiger partial charge in [-0.2, -0.15) is 0 Å². The molecule has 2 heterocycles. The van der Waals surface area contributed by atoms with Crippen molar-refractivity contribution in [1.29, 1.82) is 5.41 Å². The molecule has 7 nitrogen and oxygen atoms in total. The van der Waals surface area contributed by atoms with Gasteiger partial charge in [-0.25, -0.2) is 10.2 Å². The zero-order valence-corrected chi connectivity index (χ0v) is 18.9. The fourth-order valence-corrected chi connectivity index (χ4v) is 3.65. The van der Waals surface area contributed by atoms with Crippen LogP contribution in [0.15, 0.2) is 73.3 Å². The molecule has 5 rings (SSSR count). The maximum Gasteiger partial charge on any atom is 0.340 e. The summed E-state index contributed by atoms with van der Waals surface area (Å²) in [6, 6.07) is 16.6. The van der Waals surface area contributed by atoms with E-state index in [1.807, 2.05) is 12.1 Å². The van der Waals surface area contributed by atoms with Crippen LogP contribution in [0, 0.1) is 5.41 Å². The summed E-state index contributed by atoms with van der Waals surface area (Å²) < 4.78 is 11.8. The Balaban J connectivity index is 0.000000430. The smallest absolute Gasteiger partial charge is 0.340 e. The molecule has 0 amide bonds. The number of hydrogen-bond donors (Lipinski definition) is 4. The van der Waals surface area contributed by atoms with Crippen LogP contribution in [0.1, 0.15) is 27.0 Å². The number of halogens is 1. The molecule has 0 bridgehead atoms. The van der Waals surface area contributed by atoms with Gasteiger partial charge in [0.15, 0.2) is 5.60 Å². The van der Waals surface area contributed by atoms with Gasteiger partial charge in [-0.1, -0.05) is 24.3 Å². The number of aromatic hydroxyl groups is 2. The zero-order valence-electron chi connectivity index (χ0n) is 17.3. The van der Waals surface area contributed by atoms with Crippen LogP contribution in [0.2, 0.25) is 0 Å². The van der Waals surface area contributed by atoms with Gasteiger partial charge < -0.3 is 25.4 Å². The molecule has 3 aromatic carbocycles. The summed E-state index contributed by atoms with van der Waals surface area (Å²) in [7, 11) is 0. The Hall–Kier alpha value is -3.68. The van der Waals surface area contributed by atoms with Gasteiger partial charge in [0, 0.05) is 35.4 Å². The van der Waals surface area contributed by atoms with E-state index < -0.39 is 11.6 Å². The minimum Gasteiger partial charge on any atom is -0.508 e. The molecule has 9 heteroatoms. The minimum absolute atomic E-state index is 0. The highest BCUT2D eigenvalue weighted by molar-refractivity contribution is 7.78. The molecule has 0 saturated carbocycles. The van der Waals surface area contributed by atoms with Gasteiger partial charge in [0.2, 0.25) is 0 Å². The van der Waals surface area contributed by atoms with Crippen molar-refractivity contribution in [2.75, 3.05) is 6.54 Å². The highest BCUT2D eigenvalue weighted by Gasteiger charge is 2.53. The maximum atomic E-state index is 12.5. The van der Waals surface area contributed by atoms with Crippen LogP contribution < -0.4 is 10.5 Å². The maximum absolute atomic E-state index is 12.5. The number of nitrogens with one attached hydrogen (secondary N) is 1. The van der Waals surface area contributed by atoms with Gasteiger partial charge in [0.05, 0.1) is 10.7 Å².